The van der Waals surface area contributed by atoms with Gasteiger partial charge in [0.2, 0.25) is 5.91 Å². The van der Waals surface area contributed by atoms with E-state index < -0.39 is 5.54 Å². The second-order valence-electron chi connectivity index (χ2n) is 6.15. The predicted molar refractivity (Wildman–Crippen MR) is 77.2 cm³/mol. The molecular weight excluding hydrogens is 254 g/mol. The molecule has 1 aliphatic carbocycles. The molecule has 1 heterocycles. The lowest BCUT2D eigenvalue weighted by atomic mass is 9.78. The van der Waals surface area contributed by atoms with E-state index in [9.17, 15) is 4.79 Å². The van der Waals surface area contributed by atoms with Gasteiger partial charge >= 0.3 is 0 Å². The van der Waals surface area contributed by atoms with E-state index >= 15 is 0 Å². The van der Waals surface area contributed by atoms with E-state index in [1.165, 1.54) is 0 Å². The summed E-state index contributed by atoms with van der Waals surface area (Å²) < 4.78 is 1.95. The van der Waals surface area contributed by atoms with E-state index in [0.717, 1.165) is 30.9 Å². The van der Waals surface area contributed by atoms with Gasteiger partial charge in [-0.05, 0) is 53.4 Å². The highest BCUT2D eigenvalue weighted by molar-refractivity contribution is 5.84. The second-order valence-corrected chi connectivity index (χ2v) is 6.15. The molecular formula is C14H25N5O. The molecule has 20 heavy (non-hydrogen) atoms. The Balaban J connectivity index is 2.26. The maximum absolute atomic E-state index is 12.0. The first-order valence-electron chi connectivity index (χ1n) is 7.31. The molecule has 6 heteroatoms. The van der Waals surface area contributed by atoms with Gasteiger partial charge in [0.05, 0.1) is 11.6 Å². The van der Waals surface area contributed by atoms with Crippen molar-refractivity contribution < 1.29 is 4.79 Å². The highest BCUT2D eigenvalue weighted by Gasteiger charge is 2.42. The Hall–Kier alpha value is -1.43. The van der Waals surface area contributed by atoms with Crippen molar-refractivity contribution in [2.45, 2.75) is 71.0 Å². The summed E-state index contributed by atoms with van der Waals surface area (Å²) in [7, 11) is 0. The maximum atomic E-state index is 12.0. The summed E-state index contributed by atoms with van der Waals surface area (Å²) >= 11 is 0. The van der Waals surface area contributed by atoms with Gasteiger partial charge in [-0.25, -0.2) is 9.67 Å². The summed E-state index contributed by atoms with van der Waals surface area (Å²) in [5, 5.41) is 7.85. The SMILES string of the molecule is Cc1nc(C)n(C2CCCC(NC(C)C)(C(N)=O)C2)n1. The number of amides is 1. The number of rotatable bonds is 4. The summed E-state index contributed by atoms with van der Waals surface area (Å²) in [5.41, 5.74) is 5.07. The van der Waals surface area contributed by atoms with Gasteiger partial charge in [0.25, 0.3) is 0 Å². The number of aromatic nitrogens is 3. The second kappa shape index (κ2) is 5.52. The van der Waals surface area contributed by atoms with Crippen LogP contribution in [-0.2, 0) is 4.79 Å². The van der Waals surface area contributed by atoms with Gasteiger partial charge in [-0.2, -0.15) is 5.10 Å². The normalized spacial score (nSPS) is 26.9. The standard InChI is InChI=1S/C14H25N5O/c1-9(2)17-14(13(15)20)7-5-6-12(8-14)19-11(4)16-10(3)18-19/h9,12,17H,5-8H2,1-4H3,(H2,15,20). The van der Waals surface area contributed by atoms with Crippen LogP contribution in [0.25, 0.3) is 0 Å². The van der Waals surface area contributed by atoms with E-state index in [0.29, 0.717) is 6.42 Å². The lowest BCUT2D eigenvalue weighted by molar-refractivity contribution is -0.126. The first kappa shape index (κ1) is 15.0. The van der Waals surface area contributed by atoms with Crippen molar-refractivity contribution in [1.29, 1.82) is 0 Å². The van der Waals surface area contributed by atoms with Crippen LogP contribution < -0.4 is 11.1 Å². The average Bonchev–Trinajstić information content (AvgIpc) is 2.67. The number of primary amides is 1. The maximum Gasteiger partial charge on any atom is 0.237 e. The lowest BCUT2D eigenvalue weighted by Gasteiger charge is -2.40. The predicted octanol–water partition coefficient (Wildman–Crippen LogP) is 1.23. The fourth-order valence-electron chi connectivity index (χ4n) is 3.32. The third-order valence-electron chi connectivity index (χ3n) is 4.02. The van der Waals surface area contributed by atoms with Crippen molar-refractivity contribution in [3.05, 3.63) is 11.6 Å². The Morgan fingerprint density at radius 3 is 2.70 bits per heavy atom. The number of hydrogen-bond donors (Lipinski definition) is 2. The molecule has 1 aromatic heterocycles. The van der Waals surface area contributed by atoms with Crippen molar-refractivity contribution in [1.82, 2.24) is 20.1 Å². The van der Waals surface area contributed by atoms with E-state index in [1.54, 1.807) is 0 Å². The largest absolute Gasteiger partial charge is 0.368 e. The summed E-state index contributed by atoms with van der Waals surface area (Å²) in [4.78, 5) is 16.3. The van der Waals surface area contributed by atoms with E-state index in [2.05, 4.69) is 15.4 Å². The van der Waals surface area contributed by atoms with Crippen LogP contribution in [-0.4, -0.2) is 32.3 Å². The van der Waals surface area contributed by atoms with Crippen molar-refractivity contribution >= 4 is 5.91 Å². The number of nitrogens with zero attached hydrogens (tertiary/aromatic N) is 3. The highest BCUT2D eigenvalue weighted by Crippen LogP contribution is 2.36. The minimum absolute atomic E-state index is 0.184. The Morgan fingerprint density at radius 1 is 1.50 bits per heavy atom. The molecule has 0 aliphatic heterocycles. The van der Waals surface area contributed by atoms with Crippen molar-refractivity contribution in [3.63, 3.8) is 0 Å². The summed E-state index contributed by atoms with van der Waals surface area (Å²) in [6.45, 7) is 7.93. The smallest absolute Gasteiger partial charge is 0.237 e. The summed E-state index contributed by atoms with van der Waals surface area (Å²) in [6.07, 6.45) is 3.46. The monoisotopic (exact) mass is 279 g/mol. The van der Waals surface area contributed by atoms with Crippen molar-refractivity contribution in [2.24, 2.45) is 5.73 Å². The molecule has 0 aromatic carbocycles. The van der Waals surface area contributed by atoms with E-state index in [1.807, 2.05) is 32.4 Å². The molecule has 1 amide bonds. The van der Waals surface area contributed by atoms with E-state index in [4.69, 9.17) is 5.73 Å². The van der Waals surface area contributed by atoms with Crippen LogP contribution in [0.2, 0.25) is 0 Å². The molecule has 0 bridgehead atoms. The zero-order chi connectivity index (χ0) is 14.9. The molecule has 0 saturated heterocycles. The Morgan fingerprint density at radius 2 is 2.20 bits per heavy atom. The quantitative estimate of drug-likeness (QED) is 0.868. The lowest BCUT2D eigenvalue weighted by Crippen LogP contribution is -2.60. The number of carbonyl (C=O) groups is 1. The van der Waals surface area contributed by atoms with Crippen LogP contribution in [0.5, 0.6) is 0 Å². The van der Waals surface area contributed by atoms with Crippen molar-refractivity contribution in [2.75, 3.05) is 0 Å². The minimum Gasteiger partial charge on any atom is -0.368 e. The average molecular weight is 279 g/mol. The highest BCUT2D eigenvalue weighted by atomic mass is 16.1. The molecule has 2 rings (SSSR count). The van der Waals surface area contributed by atoms with Gasteiger partial charge in [0.15, 0.2) is 0 Å². The number of aryl methyl sites for hydroxylation is 2. The van der Waals surface area contributed by atoms with Crippen LogP contribution in [0.15, 0.2) is 0 Å². The van der Waals surface area contributed by atoms with E-state index in [-0.39, 0.29) is 18.0 Å². The fraction of sp³-hybridized carbons (Fsp3) is 0.786. The van der Waals surface area contributed by atoms with Crippen LogP contribution in [0.3, 0.4) is 0 Å². The van der Waals surface area contributed by atoms with Gasteiger partial charge < -0.3 is 11.1 Å². The van der Waals surface area contributed by atoms with Gasteiger partial charge in [-0.3, -0.25) is 4.79 Å². The van der Waals surface area contributed by atoms with Crippen LogP contribution >= 0.6 is 0 Å². The molecule has 2 unspecified atom stereocenters. The third kappa shape index (κ3) is 2.85. The molecule has 1 saturated carbocycles. The molecule has 1 aliphatic rings. The number of hydrogen-bond acceptors (Lipinski definition) is 4. The number of nitrogens with one attached hydrogen (secondary N) is 1. The summed E-state index contributed by atoms with van der Waals surface area (Å²) in [5.74, 6) is 1.41. The Labute approximate surface area is 120 Å². The topological polar surface area (TPSA) is 85.8 Å². The molecule has 1 aromatic rings. The first-order valence-corrected chi connectivity index (χ1v) is 7.31. The van der Waals surface area contributed by atoms with Crippen LogP contribution in [0.4, 0.5) is 0 Å². The zero-order valence-electron chi connectivity index (χ0n) is 12.8. The third-order valence-corrected chi connectivity index (χ3v) is 4.02. The number of nitrogens with two attached hydrogens (primary N) is 1. The molecule has 0 spiro atoms. The van der Waals surface area contributed by atoms with Crippen molar-refractivity contribution in [3.8, 4) is 0 Å². The van der Waals surface area contributed by atoms with Crippen LogP contribution in [0, 0.1) is 13.8 Å². The molecule has 3 N–H and O–H groups in total. The van der Waals surface area contributed by atoms with Gasteiger partial charge in [-0.15, -0.1) is 0 Å². The van der Waals surface area contributed by atoms with Gasteiger partial charge in [0.1, 0.15) is 11.6 Å². The molecule has 6 nitrogen and oxygen atoms in total. The number of carbonyl (C=O) groups excluding carboxylic acids is 1. The fourth-order valence-corrected chi connectivity index (χ4v) is 3.32. The first-order chi connectivity index (χ1) is 9.34. The zero-order valence-corrected chi connectivity index (χ0v) is 12.8. The van der Waals surface area contributed by atoms with Gasteiger partial charge in [0, 0.05) is 6.04 Å². The molecule has 0 radical (unpaired) electrons. The Bertz CT molecular complexity index is 496. The molecule has 1 fully saturated rings. The summed E-state index contributed by atoms with van der Waals surface area (Å²) in [6, 6.07) is 0.406. The van der Waals surface area contributed by atoms with Crippen LogP contribution in [0.1, 0.15) is 57.2 Å². The molecule has 2 atom stereocenters. The molecule has 112 valence electrons. The Kier molecular flexibility index (Phi) is 4.13. The minimum atomic E-state index is -0.622. The van der Waals surface area contributed by atoms with Gasteiger partial charge in [-0.1, -0.05) is 0 Å².